The van der Waals surface area contributed by atoms with Crippen LogP contribution in [0.2, 0.25) is 0 Å². The molecule has 1 aromatic heterocycles. The van der Waals surface area contributed by atoms with Crippen LogP contribution in [0.3, 0.4) is 0 Å². The zero-order valence-corrected chi connectivity index (χ0v) is 19.6. The number of furan rings is 1. The van der Waals surface area contributed by atoms with Gasteiger partial charge < -0.3 is 19.4 Å². The van der Waals surface area contributed by atoms with Crippen LogP contribution in [0.1, 0.15) is 6.92 Å². The minimum Gasteiger partial charge on any atom is -0.495 e. The molecular formula is C26H26N4O5. The first-order chi connectivity index (χ1) is 16.9. The van der Waals surface area contributed by atoms with Crippen molar-refractivity contribution in [2.45, 2.75) is 13.0 Å². The minimum atomic E-state index is -0.400. The molecule has 4 aromatic rings. The quantitative estimate of drug-likeness (QED) is 0.321. The van der Waals surface area contributed by atoms with Crippen LogP contribution >= 0.6 is 0 Å². The molecular weight excluding hydrogens is 448 g/mol. The molecule has 3 aromatic carbocycles. The van der Waals surface area contributed by atoms with Crippen LogP contribution in [0, 0.1) is 10.1 Å². The van der Waals surface area contributed by atoms with E-state index in [1.165, 1.54) is 12.1 Å². The van der Waals surface area contributed by atoms with Crippen LogP contribution < -0.4 is 15.0 Å². The Kier molecular flexibility index (Phi) is 6.00. The summed E-state index contributed by atoms with van der Waals surface area (Å²) in [7, 11) is 1.58. The molecule has 1 saturated heterocycles. The lowest BCUT2D eigenvalue weighted by atomic mass is 10.1. The number of fused-ring (bicyclic) bond motifs is 3. The fraction of sp³-hybridized carbons (Fsp3) is 0.269. The topological polar surface area (TPSA) is 101 Å². The molecule has 9 heteroatoms. The van der Waals surface area contributed by atoms with Crippen LogP contribution in [0.15, 0.2) is 65.1 Å². The second-order valence-corrected chi connectivity index (χ2v) is 8.61. The maximum absolute atomic E-state index is 13.1. The first-order valence-electron chi connectivity index (χ1n) is 11.5. The van der Waals surface area contributed by atoms with Gasteiger partial charge in [-0.05, 0) is 31.2 Å². The van der Waals surface area contributed by atoms with Crippen molar-refractivity contribution in [1.82, 2.24) is 4.90 Å². The predicted molar refractivity (Wildman–Crippen MR) is 135 cm³/mol. The van der Waals surface area contributed by atoms with Gasteiger partial charge in [-0.15, -0.1) is 0 Å². The highest BCUT2D eigenvalue weighted by atomic mass is 16.6. The van der Waals surface area contributed by atoms with Crippen molar-refractivity contribution in [3.63, 3.8) is 0 Å². The number of hydrogen-bond acceptors (Lipinski definition) is 7. The minimum absolute atomic E-state index is 0.0777. The number of methoxy groups -OCH3 is 1. The van der Waals surface area contributed by atoms with Crippen LogP contribution in [-0.2, 0) is 4.79 Å². The SMILES string of the molecule is COc1cc2c(cc1NC(=O)[C@H](C)N1CCN(c3ccc([N+](=O)[O-])cc3)CC1)oc1ccccc12. The Hall–Kier alpha value is -4.11. The summed E-state index contributed by atoms with van der Waals surface area (Å²) < 4.78 is 11.5. The van der Waals surface area contributed by atoms with Gasteiger partial charge in [-0.3, -0.25) is 19.8 Å². The van der Waals surface area contributed by atoms with Crippen LogP contribution in [0.25, 0.3) is 21.9 Å². The van der Waals surface area contributed by atoms with E-state index in [-0.39, 0.29) is 17.6 Å². The molecule has 1 fully saturated rings. The van der Waals surface area contributed by atoms with Gasteiger partial charge in [0, 0.05) is 60.8 Å². The molecule has 5 rings (SSSR count). The molecule has 1 aliphatic heterocycles. The molecule has 0 radical (unpaired) electrons. The van der Waals surface area contributed by atoms with Gasteiger partial charge >= 0.3 is 0 Å². The van der Waals surface area contributed by atoms with Crippen molar-refractivity contribution >= 4 is 44.9 Å². The summed E-state index contributed by atoms with van der Waals surface area (Å²) in [6.45, 7) is 4.74. The Morgan fingerprint density at radius 1 is 1.03 bits per heavy atom. The van der Waals surface area contributed by atoms with E-state index in [4.69, 9.17) is 9.15 Å². The van der Waals surface area contributed by atoms with Crippen LogP contribution in [0.4, 0.5) is 17.1 Å². The zero-order chi connectivity index (χ0) is 24.5. The summed E-state index contributed by atoms with van der Waals surface area (Å²) in [6, 6.07) is 17.7. The summed E-state index contributed by atoms with van der Waals surface area (Å²) >= 11 is 0. The highest BCUT2D eigenvalue weighted by molar-refractivity contribution is 6.08. The highest BCUT2D eigenvalue weighted by Gasteiger charge is 2.27. The number of nitrogens with zero attached hydrogens (tertiary/aromatic N) is 3. The molecule has 1 aliphatic rings. The summed E-state index contributed by atoms with van der Waals surface area (Å²) in [5.41, 5.74) is 3.06. The van der Waals surface area contributed by atoms with Gasteiger partial charge in [0.2, 0.25) is 5.91 Å². The summed E-state index contributed by atoms with van der Waals surface area (Å²) in [5, 5.41) is 15.8. The number of amides is 1. The van der Waals surface area contributed by atoms with E-state index >= 15 is 0 Å². The van der Waals surface area contributed by atoms with E-state index in [9.17, 15) is 14.9 Å². The molecule has 0 saturated carbocycles. The van der Waals surface area contributed by atoms with E-state index in [0.29, 0.717) is 30.1 Å². The van der Waals surface area contributed by atoms with Gasteiger partial charge in [-0.1, -0.05) is 18.2 Å². The van der Waals surface area contributed by atoms with Gasteiger partial charge in [-0.2, -0.15) is 0 Å². The molecule has 2 heterocycles. The predicted octanol–water partition coefficient (Wildman–Crippen LogP) is 4.65. The lowest BCUT2D eigenvalue weighted by Crippen LogP contribution is -2.52. The standard InChI is InChI=1S/C26H26N4O5/c1-17(28-11-13-29(14-12-28)18-7-9-19(10-8-18)30(32)33)26(31)27-22-16-24-21(15-25(22)34-2)20-5-3-4-6-23(20)35-24/h3-10,15-17H,11-14H2,1-2H3,(H,27,31)/t17-/m0/s1. The maximum Gasteiger partial charge on any atom is 0.269 e. The first kappa shape index (κ1) is 22.7. The number of benzene rings is 3. The third kappa shape index (κ3) is 4.38. The second kappa shape index (κ2) is 9.27. The Bertz CT molecular complexity index is 1390. The number of carbonyl (C=O) groups is 1. The third-order valence-electron chi connectivity index (χ3n) is 6.62. The number of rotatable bonds is 6. The van der Waals surface area contributed by atoms with Gasteiger partial charge in [0.15, 0.2) is 0 Å². The Labute approximate surface area is 202 Å². The number of nitrogens with one attached hydrogen (secondary N) is 1. The number of nitro groups is 1. The number of non-ortho nitro benzene ring substituents is 1. The number of para-hydroxylation sites is 1. The Balaban J connectivity index is 1.26. The van der Waals surface area contributed by atoms with Crippen LogP contribution in [-0.4, -0.2) is 55.1 Å². The second-order valence-electron chi connectivity index (χ2n) is 8.61. The Morgan fingerprint density at radius 3 is 2.43 bits per heavy atom. The lowest BCUT2D eigenvalue weighted by molar-refractivity contribution is -0.384. The van der Waals surface area contributed by atoms with E-state index in [0.717, 1.165) is 35.1 Å². The summed E-state index contributed by atoms with van der Waals surface area (Å²) in [4.78, 5) is 27.9. The largest absolute Gasteiger partial charge is 0.495 e. The first-order valence-corrected chi connectivity index (χ1v) is 11.5. The number of ether oxygens (including phenoxy) is 1. The molecule has 1 amide bonds. The fourth-order valence-corrected chi connectivity index (χ4v) is 4.57. The normalized spacial score (nSPS) is 15.3. The molecule has 0 bridgehead atoms. The molecule has 180 valence electrons. The molecule has 0 spiro atoms. The van der Waals surface area contributed by atoms with Crippen molar-refractivity contribution in [2.24, 2.45) is 0 Å². The number of anilines is 2. The number of carbonyl (C=O) groups excluding carboxylic acids is 1. The average molecular weight is 475 g/mol. The van der Waals surface area contributed by atoms with E-state index in [2.05, 4.69) is 15.1 Å². The smallest absolute Gasteiger partial charge is 0.269 e. The van der Waals surface area contributed by atoms with Gasteiger partial charge in [-0.25, -0.2) is 0 Å². The zero-order valence-electron chi connectivity index (χ0n) is 19.6. The number of nitro benzene ring substituents is 1. The fourth-order valence-electron chi connectivity index (χ4n) is 4.57. The van der Waals surface area contributed by atoms with Crippen molar-refractivity contribution in [2.75, 3.05) is 43.5 Å². The van der Waals surface area contributed by atoms with Crippen molar-refractivity contribution < 1.29 is 18.9 Å². The molecule has 0 aliphatic carbocycles. The Morgan fingerprint density at radius 2 is 1.74 bits per heavy atom. The summed E-state index contributed by atoms with van der Waals surface area (Å²) in [5.74, 6) is 0.454. The van der Waals surface area contributed by atoms with Gasteiger partial charge in [0.1, 0.15) is 16.9 Å². The average Bonchev–Trinajstić information content (AvgIpc) is 3.25. The third-order valence-corrected chi connectivity index (χ3v) is 6.62. The number of piperazine rings is 1. The van der Waals surface area contributed by atoms with E-state index in [1.807, 2.05) is 43.3 Å². The van der Waals surface area contributed by atoms with E-state index in [1.54, 1.807) is 19.2 Å². The van der Waals surface area contributed by atoms with Gasteiger partial charge in [0.25, 0.3) is 5.69 Å². The molecule has 1 atom stereocenters. The highest BCUT2D eigenvalue weighted by Crippen LogP contribution is 2.36. The van der Waals surface area contributed by atoms with Crippen molar-refractivity contribution in [3.8, 4) is 5.75 Å². The van der Waals surface area contributed by atoms with Crippen LogP contribution in [0.5, 0.6) is 5.75 Å². The number of hydrogen-bond donors (Lipinski definition) is 1. The molecule has 35 heavy (non-hydrogen) atoms. The molecule has 0 unspecified atom stereocenters. The van der Waals surface area contributed by atoms with Crippen molar-refractivity contribution in [1.29, 1.82) is 0 Å². The van der Waals surface area contributed by atoms with E-state index < -0.39 is 4.92 Å². The molecule has 9 nitrogen and oxygen atoms in total. The van der Waals surface area contributed by atoms with Crippen molar-refractivity contribution in [3.05, 3.63) is 70.8 Å². The monoisotopic (exact) mass is 474 g/mol. The maximum atomic E-state index is 13.1. The summed E-state index contributed by atoms with van der Waals surface area (Å²) in [6.07, 6.45) is 0. The molecule has 1 N–H and O–H groups in total. The van der Waals surface area contributed by atoms with Gasteiger partial charge in [0.05, 0.1) is 23.8 Å². The lowest BCUT2D eigenvalue weighted by Gasteiger charge is -2.38.